The number of carboxylic acids is 1. The SMILES string of the molecule is CCCOc1ncc([N+](=O)[O-])cc1C(=O)O. The van der Waals surface area contributed by atoms with E-state index in [-0.39, 0.29) is 17.1 Å². The fourth-order valence-corrected chi connectivity index (χ4v) is 1.01. The Labute approximate surface area is 90.8 Å². The smallest absolute Gasteiger partial charge is 0.341 e. The molecule has 0 aliphatic heterocycles. The second-order valence-electron chi connectivity index (χ2n) is 2.96. The summed E-state index contributed by atoms with van der Waals surface area (Å²) in [7, 11) is 0. The van der Waals surface area contributed by atoms with Crippen molar-refractivity contribution >= 4 is 11.7 Å². The van der Waals surface area contributed by atoms with Crippen LogP contribution in [0.3, 0.4) is 0 Å². The van der Waals surface area contributed by atoms with Gasteiger partial charge in [-0.05, 0) is 6.42 Å². The lowest BCUT2D eigenvalue weighted by Crippen LogP contribution is -2.06. The van der Waals surface area contributed by atoms with Crippen LogP contribution >= 0.6 is 0 Å². The van der Waals surface area contributed by atoms with Crippen molar-refractivity contribution < 1.29 is 19.6 Å². The Kier molecular flexibility index (Phi) is 3.76. The van der Waals surface area contributed by atoms with Gasteiger partial charge in [0.05, 0.1) is 11.5 Å². The summed E-state index contributed by atoms with van der Waals surface area (Å²) in [4.78, 5) is 24.2. The number of rotatable bonds is 5. The van der Waals surface area contributed by atoms with Crippen LogP contribution in [0.1, 0.15) is 23.7 Å². The van der Waals surface area contributed by atoms with Gasteiger partial charge in [0.2, 0.25) is 5.88 Å². The van der Waals surface area contributed by atoms with Crippen molar-refractivity contribution in [1.82, 2.24) is 4.98 Å². The highest BCUT2D eigenvalue weighted by Crippen LogP contribution is 2.21. The summed E-state index contributed by atoms with van der Waals surface area (Å²) < 4.78 is 5.07. The summed E-state index contributed by atoms with van der Waals surface area (Å²) in [6.07, 6.45) is 1.66. The predicted octanol–water partition coefficient (Wildman–Crippen LogP) is 1.48. The van der Waals surface area contributed by atoms with Gasteiger partial charge in [0.25, 0.3) is 5.69 Å². The molecule has 1 aromatic heterocycles. The van der Waals surface area contributed by atoms with E-state index in [1.807, 2.05) is 6.92 Å². The van der Waals surface area contributed by atoms with E-state index >= 15 is 0 Å². The molecule has 0 saturated heterocycles. The van der Waals surface area contributed by atoms with Gasteiger partial charge in [0, 0.05) is 6.07 Å². The van der Waals surface area contributed by atoms with Crippen LogP contribution in [0.2, 0.25) is 0 Å². The first-order chi connectivity index (χ1) is 7.56. The predicted molar refractivity (Wildman–Crippen MR) is 53.6 cm³/mol. The topological polar surface area (TPSA) is 103 Å². The third-order valence-electron chi connectivity index (χ3n) is 1.72. The zero-order valence-corrected chi connectivity index (χ0v) is 8.54. The number of aromatic carboxylic acids is 1. The van der Waals surface area contributed by atoms with Gasteiger partial charge in [-0.25, -0.2) is 9.78 Å². The molecule has 0 aliphatic rings. The largest absolute Gasteiger partial charge is 0.477 e. The van der Waals surface area contributed by atoms with Crippen molar-refractivity contribution in [3.8, 4) is 5.88 Å². The molecule has 0 aliphatic carbocycles. The minimum absolute atomic E-state index is 0.0973. The number of nitrogens with zero attached hydrogens (tertiary/aromatic N) is 2. The molecular weight excluding hydrogens is 216 g/mol. The number of carboxylic acid groups (broad SMARTS) is 1. The van der Waals surface area contributed by atoms with Crippen molar-refractivity contribution in [3.63, 3.8) is 0 Å². The maximum atomic E-state index is 10.8. The van der Waals surface area contributed by atoms with Crippen molar-refractivity contribution in [2.75, 3.05) is 6.61 Å². The molecule has 86 valence electrons. The molecular formula is C9H10N2O5. The molecule has 0 bridgehead atoms. The summed E-state index contributed by atoms with van der Waals surface area (Å²) in [5.41, 5.74) is -0.677. The third-order valence-corrected chi connectivity index (χ3v) is 1.72. The van der Waals surface area contributed by atoms with E-state index in [1.54, 1.807) is 0 Å². The second kappa shape index (κ2) is 5.06. The second-order valence-corrected chi connectivity index (χ2v) is 2.96. The van der Waals surface area contributed by atoms with Crippen LogP contribution < -0.4 is 4.74 Å². The van der Waals surface area contributed by atoms with Crippen LogP contribution in [0.25, 0.3) is 0 Å². The van der Waals surface area contributed by atoms with Crippen molar-refractivity contribution in [3.05, 3.63) is 27.9 Å². The normalized spacial score (nSPS) is 9.81. The highest BCUT2D eigenvalue weighted by molar-refractivity contribution is 5.90. The number of carbonyl (C=O) groups is 1. The van der Waals surface area contributed by atoms with E-state index in [0.29, 0.717) is 13.0 Å². The third kappa shape index (κ3) is 2.66. The van der Waals surface area contributed by atoms with Crippen LogP contribution in [0, 0.1) is 10.1 Å². The molecule has 0 amide bonds. The van der Waals surface area contributed by atoms with Crippen molar-refractivity contribution in [1.29, 1.82) is 0 Å². The molecule has 0 saturated carbocycles. The molecule has 1 heterocycles. The van der Waals surface area contributed by atoms with Gasteiger partial charge in [-0.2, -0.15) is 0 Å². The van der Waals surface area contributed by atoms with Crippen LogP contribution in [0.15, 0.2) is 12.3 Å². The van der Waals surface area contributed by atoms with Crippen LogP contribution in [0.4, 0.5) is 5.69 Å². The zero-order chi connectivity index (χ0) is 12.1. The van der Waals surface area contributed by atoms with Gasteiger partial charge in [-0.3, -0.25) is 10.1 Å². The van der Waals surface area contributed by atoms with E-state index in [9.17, 15) is 14.9 Å². The Bertz CT molecular complexity index is 418. The van der Waals surface area contributed by atoms with Crippen molar-refractivity contribution in [2.45, 2.75) is 13.3 Å². The fourth-order valence-electron chi connectivity index (χ4n) is 1.01. The molecule has 16 heavy (non-hydrogen) atoms. The molecule has 7 heteroatoms. The average Bonchev–Trinajstić information content (AvgIpc) is 2.25. The van der Waals surface area contributed by atoms with E-state index in [2.05, 4.69) is 4.98 Å². The fraction of sp³-hybridized carbons (Fsp3) is 0.333. The number of hydrogen-bond donors (Lipinski definition) is 1. The molecule has 0 fully saturated rings. The van der Waals surface area contributed by atoms with Gasteiger partial charge in [-0.15, -0.1) is 0 Å². The van der Waals surface area contributed by atoms with E-state index in [0.717, 1.165) is 12.3 Å². The minimum atomic E-state index is -1.30. The highest BCUT2D eigenvalue weighted by atomic mass is 16.6. The maximum absolute atomic E-state index is 10.8. The molecule has 0 unspecified atom stereocenters. The zero-order valence-electron chi connectivity index (χ0n) is 8.54. The maximum Gasteiger partial charge on any atom is 0.341 e. The lowest BCUT2D eigenvalue weighted by molar-refractivity contribution is -0.385. The first-order valence-corrected chi connectivity index (χ1v) is 4.56. The lowest BCUT2D eigenvalue weighted by Gasteiger charge is -2.05. The van der Waals surface area contributed by atoms with Crippen LogP contribution in [0.5, 0.6) is 5.88 Å². The molecule has 0 radical (unpaired) electrons. The summed E-state index contributed by atoms with van der Waals surface area (Å²) in [5, 5.41) is 19.3. The Morgan fingerprint density at radius 1 is 1.69 bits per heavy atom. The number of hydrogen-bond acceptors (Lipinski definition) is 5. The van der Waals surface area contributed by atoms with E-state index in [4.69, 9.17) is 9.84 Å². The van der Waals surface area contributed by atoms with E-state index in [1.165, 1.54) is 0 Å². The van der Waals surface area contributed by atoms with Crippen molar-refractivity contribution in [2.24, 2.45) is 0 Å². The Balaban J connectivity index is 3.09. The molecule has 0 aromatic carbocycles. The number of ether oxygens (including phenoxy) is 1. The molecule has 1 aromatic rings. The Morgan fingerprint density at radius 3 is 2.88 bits per heavy atom. The Hall–Kier alpha value is -2.18. The number of aromatic nitrogens is 1. The first-order valence-electron chi connectivity index (χ1n) is 4.56. The highest BCUT2D eigenvalue weighted by Gasteiger charge is 2.18. The van der Waals surface area contributed by atoms with Crippen LogP contribution in [-0.2, 0) is 0 Å². The van der Waals surface area contributed by atoms with E-state index < -0.39 is 10.9 Å². The molecule has 0 spiro atoms. The van der Waals surface area contributed by atoms with Gasteiger partial charge in [-0.1, -0.05) is 6.92 Å². The summed E-state index contributed by atoms with van der Waals surface area (Å²) in [6.45, 7) is 2.16. The van der Waals surface area contributed by atoms with Gasteiger partial charge in [0.1, 0.15) is 11.8 Å². The summed E-state index contributed by atoms with van der Waals surface area (Å²) >= 11 is 0. The molecule has 7 nitrogen and oxygen atoms in total. The number of pyridine rings is 1. The summed E-state index contributed by atoms with van der Waals surface area (Å²) in [5.74, 6) is -1.40. The van der Waals surface area contributed by atoms with Gasteiger partial charge in [0.15, 0.2) is 0 Å². The molecule has 1 rings (SSSR count). The summed E-state index contributed by atoms with van der Waals surface area (Å²) in [6, 6.07) is 0.931. The molecule has 0 atom stereocenters. The first kappa shape index (κ1) is 11.9. The van der Waals surface area contributed by atoms with Gasteiger partial charge >= 0.3 is 5.97 Å². The minimum Gasteiger partial charge on any atom is -0.477 e. The van der Waals surface area contributed by atoms with Gasteiger partial charge < -0.3 is 9.84 Å². The molecule has 1 N–H and O–H groups in total. The standard InChI is InChI=1S/C9H10N2O5/c1-2-3-16-8-7(9(12)13)4-6(5-10-8)11(14)15/h4-5H,2-3H2,1H3,(H,12,13). The Morgan fingerprint density at radius 2 is 2.38 bits per heavy atom. The average molecular weight is 226 g/mol. The number of nitro groups is 1. The van der Waals surface area contributed by atoms with Crippen LogP contribution in [-0.4, -0.2) is 27.6 Å². The quantitative estimate of drug-likeness (QED) is 0.602. The monoisotopic (exact) mass is 226 g/mol. The lowest BCUT2D eigenvalue weighted by atomic mass is 10.2.